The number of carbonyl (C=O) groups excluding carboxylic acids is 1. The van der Waals surface area contributed by atoms with Crippen molar-refractivity contribution in [3.8, 4) is 11.5 Å². The second kappa shape index (κ2) is 7.21. The fourth-order valence-corrected chi connectivity index (χ4v) is 3.92. The largest absolute Gasteiger partial charge is 0.454 e. The molecule has 0 bridgehead atoms. The molecule has 2 heterocycles. The van der Waals surface area contributed by atoms with Crippen LogP contribution in [0.1, 0.15) is 16.7 Å². The molecule has 0 aromatic heterocycles. The summed E-state index contributed by atoms with van der Waals surface area (Å²) in [7, 11) is 0. The molecule has 3 aromatic carbocycles. The molecule has 31 heavy (non-hydrogen) atoms. The Hall–Kier alpha value is -3.71. The van der Waals surface area contributed by atoms with E-state index >= 15 is 0 Å². The van der Waals surface area contributed by atoms with Gasteiger partial charge in [0.1, 0.15) is 11.6 Å². The lowest BCUT2D eigenvalue weighted by Gasteiger charge is -2.26. The molecule has 0 fully saturated rings. The van der Waals surface area contributed by atoms with E-state index < -0.39 is 29.0 Å². The molecule has 0 spiro atoms. The summed E-state index contributed by atoms with van der Waals surface area (Å²) >= 11 is 0. The Balaban J connectivity index is 1.73. The number of hydrogen-bond acceptors (Lipinski definition) is 5. The number of ether oxygens (including phenoxy) is 3. The van der Waals surface area contributed by atoms with Crippen LogP contribution < -0.4 is 9.47 Å². The Morgan fingerprint density at radius 3 is 2.35 bits per heavy atom. The molecular formula is C24H16F2O5. The van der Waals surface area contributed by atoms with Crippen molar-refractivity contribution in [2.24, 2.45) is 0 Å². The summed E-state index contributed by atoms with van der Waals surface area (Å²) in [6, 6.07) is 16.9. The van der Waals surface area contributed by atoms with Crippen LogP contribution in [0.2, 0.25) is 0 Å². The molecule has 0 amide bonds. The van der Waals surface area contributed by atoms with E-state index in [0.717, 1.165) is 17.7 Å². The maximum absolute atomic E-state index is 14.6. The van der Waals surface area contributed by atoms with Crippen molar-refractivity contribution in [2.75, 3.05) is 6.79 Å². The lowest BCUT2D eigenvalue weighted by atomic mass is 9.87. The summed E-state index contributed by atoms with van der Waals surface area (Å²) in [6.07, 6.45) is 0.0284. The first-order valence-electron chi connectivity index (χ1n) is 9.55. The van der Waals surface area contributed by atoms with Gasteiger partial charge >= 0.3 is 5.97 Å². The van der Waals surface area contributed by atoms with E-state index in [0.29, 0.717) is 17.1 Å². The predicted octanol–water partition coefficient (Wildman–Crippen LogP) is 4.09. The normalized spacial score (nSPS) is 19.6. The molecular weight excluding hydrogens is 406 g/mol. The number of halogens is 2. The predicted molar refractivity (Wildman–Crippen MR) is 106 cm³/mol. The molecule has 156 valence electrons. The summed E-state index contributed by atoms with van der Waals surface area (Å²) in [5, 5.41) is 11.4. The van der Waals surface area contributed by atoms with Gasteiger partial charge in [0.2, 0.25) is 6.79 Å². The topological polar surface area (TPSA) is 65.0 Å². The first-order chi connectivity index (χ1) is 15.0. The third kappa shape index (κ3) is 3.14. The van der Waals surface area contributed by atoms with Gasteiger partial charge in [-0.1, -0.05) is 42.5 Å². The van der Waals surface area contributed by atoms with E-state index in [-0.39, 0.29) is 24.4 Å². The number of hydrogen-bond donors (Lipinski definition) is 1. The van der Waals surface area contributed by atoms with Gasteiger partial charge in [0.05, 0.1) is 11.1 Å². The summed E-state index contributed by atoms with van der Waals surface area (Å²) in [5.74, 6) is -4.61. The van der Waals surface area contributed by atoms with Crippen LogP contribution in [0, 0.1) is 11.6 Å². The van der Waals surface area contributed by atoms with Crippen LogP contribution in [0.3, 0.4) is 0 Å². The van der Waals surface area contributed by atoms with Crippen molar-refractivity contribution in [3.05, 3.63) is 101 Å². The number of rotatable bonds is 4. The Morgan fingerprint density at radius 2 is 1.61 bits per heavy atom. The second-order valence-electron chi connectivity index (χ2n) is 7.21. The van der Waals surface area contributed by atoms with Crippen LogP contribution in [0.25, 0.3) is 5.57 Å². The zero-order chi connectivity index (χ0) is 21.6. The Morgan fingerprint density at radius 1 is 0.903 bits per heavy atom. The zero-order valence-corrected chi connectivity index (χ0v) is 16.1. The minimum absolute atomic E-state index is 0.0207. The summed E-state index contributed by atoms with van der Waals surface area (Å²) < 4.78 is 45.2. The highest BCUT2D eigenvalue weighted by Crippen LogP contribution is 2.47. The number of carbonyl (C=O) groups is 1. The molecule has 0 saturated carbocycles. The SMILES string of the molecule is O=C1OC(O)(c2c(F)cccc2F)C(Cc2ccccc2)=C1c1ccc2c(c1)OCO2. The van der Waals surface area contributed by atoms with Gasteiger partial charge in [-0.25, -0.2) is 13.6 Å². The van der Waals surface area contributed by atoms with E-state index in [1.807, 2.05) is 6.07 Å². The summed E-state index contributed by atoms with van der Waals surface area (Å²) in [6.45, 7) is 0.0452. The van der Waals surface area contributed by atoms with Crippen LogP contribution in [-0.4, -0.2) is 17.9 Å². The van der Waals surface area contributed by atoms with E-state index in [1.165, 1.54) is 6.07 Å². The first kappa shape index (κ1) is 19.3. The average Bonchev–Trinajstić information content (AvgIpc) is 3.30. The molecule has 1 N–H and O–H groups in total. The summed E-state index contributed by atoms with van der Waals surface area (Å²) in [4.78, 5) is 12.9. The molecule has 2 aliphatic heterocycles. The standard InChI is InChI=1S/C24H16F2O5/c25-17-7-4-8-18(26)22(17)24(28)16(11-14-5-2-1-3-6-14)21(23(27)31-24)15-9-10-19-20(12-15)30-13-29-19/h1-10,12,28H,11,13H2. The minimum Gasteiger partial charge on any atom is -0.454 e. The molecule has 1 unspecified atom stereocenters. The van der Waals surface area contributed by atoms with Crippen molar-refractivity contribution in [2.45, 2.75) is 12.2 Å². The van der Waals surface area contributed by atoms with Crippen molar-refractivity contribution in [1.82, 2.24) is 0 Å². The van der Waals surface area contributed by atoms with Gasteiger partial charge in [0, 0.05) is 12.0 Å². The van der Waals surface area contributed by atoms with Gasteiger partial charge in [-0.05, 0) is 35.4 Å². The van der Waals surface area contributed by atoms with Gasteiger partial charge in [0.15, 0.2) is 11.5 Å². The van der Waals surface area contributed by atoms with Gasteiger partial charge < -0.3 is 19.3 Å². The number of aliphatic hydroxyl groups is 1. The van der Waals surface area contributed by atoms with Crippen LogP contribution in [0.4, 0.5) is 8.78 Å². The molecule has 0 aliphatic carbocycles. The fourth-order valence-electron chi connectivity index (χ4n) is 3.92. The molecule has 0 radical (unpaired) electrons. The lowest BCUT2D eigenvalue weighted by molar-refractivity contribution is -0.186. The third-order valence-corrected chi connectivity index (χ3v) is 5.34. The van der Waals surface area contributed by atoms with E-state index in [1.54, 1.807) is 42.5 Å². The molecule has 5 rings (SSSR count). The van der Waals surface area contributed by atoms with Gasteiger partial charge in [-0.3, -0.25) is 0 Å². The maximum Gasteiger partial charge on any atom is 0.342 e. The Bertz CT molecular complexity index is 1200. The van der Waals surface area contributed by atoms with Crippen LogP contribution in [0.5, 0.6) is 11.5 Å². The van der Waals surface area contributed by atoms with Gasteiger partial charge in [-0.15, -0.1) is 0 Å². The Labute approximate surface area is 176 Å². The number of esters is 1. The van der Waals surface area contributed by atoms with E-state index in [2.05, 4.69) is 0 Å². The highest BCUT2D eigenvalue weighted by molar-refractivity contribution is 6.20. The number of cyclic esters (lactones) is 1. The monoisotopic (exact) mass is 422 g/mol. The number of fused-ring (bicyclic) bond motifs is 1. The maximum atomic E-state index is 14.6. The highest BCUT2D eigenvalue weighted by atomic mass is 19.1. The highest BCUT2D eigenvalue weighted by Gasteiger charge is 2.51. The fraction of sp³-hybridized carbons (Fsp3) is 0.125. The Kier molecular flexibility index (Phi) is 4.48. The molecule has 2 aliphatic rings. The quantitative estimate of drug-likeness (QED) is 0.642. The summed E-state index contributed by atoms with van der Waals surface area (Å²) in [5.41, 5.74) is 0.431. The number of benzene rings is 3. The lowest BCUT2D eigenvalue weighted by Crippen LogP contribution is -2.32. The smallest absolute Gasteiger partial charge is 0.342 e. The van der Waals surface area contributed by atoms with E-state index in [9.17, 15) is 18.7 Å². The minimum atomic E-state index is -2.60. The molecule has 0 saturated heterocycles. The first-order valence-corrected chi connectivity index (χ1v) is 9.55. The average molecular weight is 422 g/mol. The van der Waals surface area contributed by atoms with Crippen molar-refractivity contribution < 1.29 is 32.9 Å². The third-order valence-electron chi connectivity index (χ3n) is 5.34. The van der Waals surface area contributed by atoms with Crippen LogP contribution in [-0.2, 0) is 21.7 Å². The van der Waals surface area contributed by atoms with E-state index in [4.69, 9.17) is 14.2 Å². The second-order valence-corrected chi connectivity index (χ2v) is 7.21. The zero-order valence-electron chi connectivity index (χ0n) is 16.1. The molecule has 3 aromatic rings. The van der Waals surface area contributed by atoms with Crippen molar-refractivity contribution in [3.63, 3.8) is 0 Å². The molecule has 1 atom stereocenters. The molecule has 7 heteroatoms. The van der Waals surface area contributed by atoms with Crippen LogP contribution in [0.15, 0.2) is 72.3 Å². The molecule has 5 nitrogen and oxygen atoms in total. The van der Waals surface area contributed by atoms with Crippen molar-refractivity contribution >= 4 is 11.5 Å². The van der Waals surface area contributed by atoms with Crippen molar-refractivity contribution in [1.29, 1.82) is 0 Å². The van der Waals surface area contributed by atoms with Crippen LogP contribution >= 0.6 is 0 Å². The van der Waals surface area contributed by atoms with Gasteiger partial charge in [0.25, 0.3) is 5.79 Å². The van der Waals surface area contributed by atoms with Gasteiger partial charge in [-0.2, -0.15) is 0 Å².